The first-order valence-electron chi connectivity index (χ1n) is 9.87. The Morgan fingerprint density at radius 1 is 1.00 bits per heavy atom. The van der Waals surface area contributed by atoms with Crippen LogP contribution in [0.15, 0.2) is 50.2 Å². The van der Waals surface area contributed by atoms with Gasteiger partial charge in [0.15, 0.2) is 11.5 Å². The third kappa shape index (κ3) is 3.86. The highest BCUT2D eigenvalue weighted by Crippen LogP contribution is 2.30. The van der Waals surface area contributed by atoms with Crippen molar-refractivity contribution in [2.24, 2.45) is 0 Å². The Labute approximate surface area is 178 Å². The number of ether oxygens (including phenoxy) is 2. The number of hydrogen-bond acceptors (Lipinski definition) is 6. The summed E-state index contributed by atoms with van der Waals surface area (Å²) in [6.07, 6.45) is 2.08. The average Bonchev–Trinajstić information content (AvgIpc) is 3.12. The molecule has 0 saturated carbocycles. The molecule has 0 radical (unpaired) electrons. The molecule has 2 heterocycles. The lowest BCUT2D eigenvalue weighted by molar-refractivity contribution is -0.116. The fraction of sp³-hybridized carbons (Fsp3) is 0.250. The van der Waals surface area contributed by atoms with Gasteiger partial charge in [-0.1, -0.05) is 0 Å². The van der Waals surface area contributed by atoms with Gasteiger partial charge in [0.25, 0.3) is 0 Å². The van der Waals surface area contributed by atoms with E-state index in [0.29, 0.717) is 33.9 Å². The zero-order chi connectivity index (χ0) is 22.1. The fourth-order valence-electron chi connectivity index (χ4n) is 3.70. The summed E-state index contributed by atoms with van der Waals surface area (Å²) in [5, 5.41) is 4.64. The van der Waals surface area contributed by atoms with E-state index in [2.05, 4.69) is 5.32 Å². The van der Waals surface area contributed by atoms with Crippen molar-refractivity contribution in [2.45, 2.75) is 26.7 Å². The summed E-state index contributed by atoms with van der Waals surface area (Å²) in [6.45, 7) is 3.84. The largest absolute Gasteiger partial charge is 0.493 e. The first kappa shape index (κ1) is 20.5. The smallest absolute Gasteiger partial charge is 0.339 e. The van der Waals surface area contributed by atoms with Gasteiger partial charge in [0.2, 0.25) is 5.91 Å². The zero-order valence-corrected chi connectivity index (χ0v) is 17.8. The minimum atomic E-state index is -0.438. The second-order valence-corrected chi connectivity index (χ2v) is 7.37. The monoisotopic (exact) mass is 421 g/mol. The number of amides is 1. The molecule has 4 aromatic rings. The zero-order valence-electron chi connectivity index (χ0n) is 17.8. The number of carbonyl (C=O) groups is 1. The van der Waals surface area contributed by atoms with Crippen LogP contribution in [0.25, 0.3) is 21.9 Å². The first-order chi connectivity index (χ1) is 14.9. The molecule has 7 heteroatoms. The molecule has 0 bridgehead atoms. The van der Waals surface area contributed by atoms with E-state index in [1.54, 1.807) is 37.6 Å². The van der Waals surface area contributed by atoms with E-state index < -0.39 is 5.63 Å². The van der Waals surface area contributed by atoms with Crippen molar-refractivity contribution in [1.82, 2.24) is 0 Å². The number of fused-ring (bicyclic) bond motifs is 2. The number of methoxy groups -OCH3 is 2. The Morgan fingerprint density at radius 3 is 2.52 bits per heavy atom. The Bertz CT molecular complexity index is 1350. The van der Waals surface area contributed by atoms with E-state index in [4.69, 9.17) is 18.3 Å². The van der Waals surface area contributed by atoms with Crippen LogP contribution in [-0.2, 0) is 11.2 Å². The van der Waals surface area contributed by atoms with E-state index >= 15 is 0 Å². The number of benzene rings is 2. The molecule has 0 unspecified atom stereocenters. The summed E-state index contributed by atoms with van der Waals surface area (Å²) < 4.78 is 21.5. The van der Waals surface area contributed by atoms with E-state index in [1.807, 2.05) is 19.9 Å². The van der Waals surface area contributed by atoms with Gasteiger partial charge in [0.1, 0.15) is 11.2 Å². The van der Waals surface area contributed by atoms with Crippen molar-refractivity contribution in [3.63, 3.8) is 0 Å². The van der Waals surface area contributed by atoms with Crippen molar-refractivity contribution in [1.29, 1.82) is 0 Å². The molecular formula is C24H23NO6. The molecule has 0 spiro atoms. The molecule has 4 rings (SSSR count). The topological polar surface area (TPSA) is 90.9 Å². The van der Waals surface area contributed by atoms with Gasteiger partial charge in [-0.3, -0.25) is 4.79 Å². The normalized spacial score (nSPS) is 11.1. The molecule has 0 aliphatic heterocycles. The van der Waals surface area contributed by atoms with Gasteiger partial charge in [0.05, 0.1) is 20.5 Å². The van der Waals surface area contributed by atoms with E-state index in [1.165, 1.54) is 7.11 Å². The van der Waals surface area contributed by atoms with Gasteiger partial charge in [0, 0.05) is 40.6 Å². The Balaban J connectivity index is 1.55. The highest BCUT2D eigenvalue weighted by molar-refractivity contribution is 5.96. The van der Waals surface area contributed by atoms with Crippen LogP contribution in [-0.4, -0.2) is 20.1 Å². The summed E-state index contributed by atoms with van der Waals surface area (Å²) >= 11 is 0. The van der Waals surface area contributed by atoms with Crippen LogP contribution in [0.4, 0.5) is 5.69 Å². The van der Waals surface area contributed by atoms with Crippen molar-refractivity contribution >= 4 is 33.5 Å². The third-order valence-corrected chi connectivity index (χ3v) is 5.44. The average molecular weight is 421 g/mol. The van der Waals surface area contributed by atoms with Gasteiger partial charge in [-0.2, -0.15) is 0 Å². The van der Waals surface area contributed by atoms with Crippen LogP contribution in [0, 0.1) is 13.8 Å². The molecular weight excluding hydrogens is 398 g/mol. The SMILES string of the molecule is COc1ccc(NC(=O)CCc2c(C)c3cc4c(C)coc4cc3oc2=O)cc1OC. The van der Waals surface area contributed by atoms with Gasteiger partial charge in [-0.05, 0) is 49.6 Å². The highest BCUT2D eigenvalue weighted by Gasteiger charge is 2.16. The van der Waals surface area contributed by atoms with Gasteiger partial charge >= 0.3 is 5.63 Å². The van der Waals surface area contributed by atoms with Crippen LogP contribution in [0.1, 0.15) is 23.1 Å². The van der Waals surface area contributed by atoms with Crippen LogP contribution in [0.2, 0.25) is 0 Å². The second-order valence-electron chi connectivity index (χ2n) is 7.37. The molecule has 2 aromatic carbocycles. The molecule has 2 aromatic heterocycles. The molecule has 0 fully saturated rings. The predicted octanol–water partition coefficient (Wildman–Crippen LogP) is 4.74. The second kappa shape index (κ2) is 8.18. The van der Waals surface area contributed by atoms with Crippen molar-refractivity contribution < 1.29 is 23.1 Å². The summed E-state index contributed by atoms with van der Waals surface area (Å²) in [4.78, 5) is 25.0. The molecule has 1 N–H and O–H groups in total. The maximum absolute atomic E-state index is 12.6. The molecule has 0 aliphatic rings. The number of nitrogens with one attached hydrogen (secondary N) is 1. The molecule has 1 amide bonds. The standard InChI is InChI=1S/C24H23NO6/c1-13-12-30-20-11-21-18(10-17(13)20)14(2)16(24(27)31-21)6-8-23(26)25-15-5-7-19(28-3)22(9-15)29-4/h5,7,9-12H,6,8H2,1-4H3,(H,25,26). The van der Waals surface area contributed by atoms with Crippen molar-refractivity contribution in [2.75, 3.05) is 19.5 Å². The molecule has 7 nitrogen and oxygen atoms in total. The van der Waals surface area contributed by atoms with Crippen LogP contribution < -0.4 is 20.4 Å². The van der Waals surface area contributed by atoms with E-state index in [-0.39, 0.29) is 18.7 Å². The van der Waals surface area contributed by atoms with Crippen LogP contribution >= 0.6 is 0 Å². The molecule has 0 saturated heterocycles. The lowest BCUT2D eigenvalue weighted by atomic mass is 10.0. The number of aryl methyl sites for hydroxylation is 2. The molecule has 0 atom stereocenters. The number of hydrogen-bond donors (Lipinski definition) is 1. The summed E-state index contributed by atoms with van der Waals surface area (Å²) in [5.41, 5.74) is 3.62. The molecule has 0 aliphatic carbocycles. The Kier molecular flexibility index (Phi) is 5.42. The quantitative estimate of drug-likeness (QED) is 0.452. The van der Waals surface area contributed by atoms with Gasteiger partial charge < -0.3 is 23.6 Å². The van der Waals surface area contributed by atoms with Crippen LogP contribution in [0.5, 0.6) is 11.5 Å². The Hall–Kier alpha value is -3.74. The minimum absolute atomic E-state index is 0.137. The number of carbonyl (C=O) groups excluding carboxylic acids is 1. The van der Waals surface area contributed by atoms with Crippen LogP contribution in [0.3, 0.4) is 0 Å². The number of rotatable bonds is 6. The van der Waals surface area contributed by atoms with Crippen molar-refractivity contribution in [3.8, 4) is 11.5 Å². The maximum Gasteiger partial charge on any atom is 0.339 e. The van der Waals surface area contributed by atoms with Crippen molar-refractivity contribution in [3.05, 3.63) is 63.7 Å². The predicted molar refractivity (Wildman–Crippen MR) is 118 cm³/mol. The number of anilines is 1. The summed E-state index contributed by atoms with van der Waals surface area (Å²) in [6, 6.07) is 8.84. The maximum atomic E-state index is 12.6. The Morgan fingerprint density at radius 2 is 1.77 bits per heavy atom. The highest BCUT2D eigenvalue weighted by atomic mass is 16.5. The van der Waals surface area contributed by atoms with E-state index in [9.17, 15) is 9.59 Å². The van der Waals surface area contributed by atoms with Gasteiger partial charge in [-0.25, -0.2) is 4.79 Å². The summed E-state index contributed by atoms with van der Waals surface area (Å²) in [5.74, 6) is 0.881. The summed E-state index contributed by atoms with van der Waals surface area (Å²) in [7, 11) is 3.08. The molecule has 31 heavy (non-hydrogen) atoms. The fourth-order valence-corrected chi connectivity index (χ4v) is 3.70. The van der Waals surface area contributed by atoms with E-state index in [0.717, 1.165) is 21.9 Å². The lowest BCUT2D eigenvalue weighted by Gasteiger charge is -2.11. The number of furan rings is 1. The third-order valence-electron chi connectivity index (χ3n) is 5.44. The first-order valence-corrected chi connectivity index (χ1v) is 9.87. The minimum Gasteiger partial charge on any atom is -0.493 e. The van der Waals surface area contributed by atoms with Gasteiger partial charge in [-0.15, -0.1) is 0 Å². The molecule has 160 valence electrons. The lowest BCUT2D eigenvalue weighted by Crippen LogP contribution is -2.16.